The lowest BCUT2D eigenvalue weighted by Crippen LogP contribution is -2.58. The predicted octanol–water partition coefficient (Wildman–Crippen LogP) is 2.66. The molecule has 1 N–H and O–H groups in total. The molecule has 0 aliphatic carbocycles. The molecule has 10 heteroatoms. The van der Waals surface area contributed by atoms with Crippen LogP contribution in [-0.2, 0) is 25.7 Å². The molecule has 9 nitrogen and oxygen atoms in total. The minimum absolute atomic E-state index is 0.0226. The van der Waals surface area contributed by atoms with Gasteiger partial charge in [-0.15, -0.1) is 24.9 Å². The van der Waals surface area contributed by atoms with Crippen molar-refractivity contribution in [3.8, 4) is 0 Å². The Morgan fingerprint density at radius 2 is 1.77 bits per heavy atom. The Labute approximate surface area is 266 Å². The van der Waals surface area contributed by atoms with Crippen molar-refractivity contribution in [2.24, 2.45) is 17.8 Å². The number of carbonyl (C=O) groups excluding carboxylic acids is 3. The van der Waals surface area contributed by atoms with Crippen LogP contribution in [0.3, 0.4) is 0 Å². The van der Waals surface area contributed by atoms with Crippen LogP contribution in [0.2, 0.25) is 0 Å². The Hall–Kier alpha value is -2.66. The molecule has 0 aromatic heterocycles. The third-order valence-corrected chi connectivity index (χ3v) is 12.0. The molecule has 3 unspecified atom stereocenters. The highest BCUT2D eigenvalue weighted by atomic mass is 32.2. The highest BCUT2D eigenvalue weighted by Gasteiger charge is 2.76. The summed E-state index contributed by atoms with van der Waals surface area (Å²) in [5.74, 6) is -1.14. The van der Waals surface area contributed by atoms with Gasteiger partial charge in [-0.2, -0.15) is 0 Å². The maximum atomic E-state index is 14.7. The molecule has 0 saturated carbocycles. The number of hydrogen-bond donors (Lipinski definition) is 1. The van der Waals surface area contributed by atoms with Crippen LogP contribution in [0.5, 0.6) is 0 Å². The van der Waals surface area contributed by atoms with Crippen LogP contribution in [0.4, 0.5) is 0 Å². The molecule has 4 aliphatic heterocycles. The predicted molar refractivity (Wildman–Crippen MR) is 173 cm³/mol. The molecule has 4 aliphatic rings. The van der Waals surface area contributed by atoms with Crippen molar-refractivity contribution in [3.05, 3.63) is 61.2 Å². The summed E-state index contributed by atoms with van der Waals surface area (Å²) in [6.45, 7) is 16.0. The van der Waals surface area contributed by atoms with Crippen molar-refractivity contribution in [2.75, 3.05) is 65.6 Å². The highest BCUT2D eigenvalue weighted by Crippen LogP contribution is 2.69. The average molecular weight is 625 g/mol. The molecule has 2 bridgehead atoms. The van der Waals surface area contributed by atoms with E-state index in [1.54, 1.807) is 28.8 Å². The van der Waals surface area contributed by atoms with Crippen molar-refractivity contribution in [2.45, 2.75) is 48.8 Å². The van der Waals surface area contributed by atoms with Crippen LogP contribution in [0.25, 0.3) is 0 Å². The van der Waals surface area contributed by atoms with E-state index in [1.807, 2.05) is 40.1 Å². The molecule has 1 spiro atoms. The molecule has 0 radical (unpaired) electrons. The largest absolute Gasteiger partial charge is 0.396 e. The summed E-state index contributed by atoms with van der Waals surface area (Å²) in [4.78, 5) is 51.4. The Morgan fingerprint density at radius 1 is 1.07 bits per heavy atom. The van der Waals surface area contributed by atoms with Gasteiger partial charge in [-0.3, -0.25) is 19.3 Å². The Morgan fingerprint density at radius 3 is 2.45 bits per heavy atom. The van der Waals surface area contributed by atoms with Crippen molar-refractivity contribution < 1.29 is 24.2 Å². The van der Waals surface area contributed by atoms with Crippen molar-refractivity contribution in [3.63, 3.8) is 0 Å². The summed E-state index contributed by atoms with van der Waals surface area (Å²) in [5.41, 5.74) is 1.03. The number of ether oxygens (including phenoxy) is 1. The van der Waals surface area contributed by atoms with Gasteiger partial charge in [-0.05, 0) is 30.7 Å². The Bertz CT molecular complexity index is 1190. The van der Waals surface area contributed by atoms with Crippen LogP contribution in [0.1, 0.15) is 31.7 Å². The second kappa shape index (κ2) is 14.6. The van der Waals surface area contributed by atoms with Crippen molar-refractivity contribution >= 4 is 29.5 Å². The van der Waals surface area contributed by atoms with E-state index in [9.17, 15) is 19.5 Å². The Balaban J connectivity index is 1.46. The van der Waals surface area contributed by atoms with Crippen LogP contribution >= 0.6 is 11.8 Å². The lowest BCUT2D eigenvalue weighted by atomic mass is 9.65. The van der Waals surface area contributed by atoms with Gasteiger partial charge in [0.05, 0.1) is 29.8 Å². The zero-order valence-corrected chi connectivity index (χ0v) is 26.8. The number of rotatable bonds is 15. The number of likely N-dealkylation sites (tertiary alicyclic amines) is 1. The number of fused-ring (bicyclic) bond motifs is 1. The lowest BCUT2D eigenvalue weighted by Gasteiger charge is -2.41. The van der Waals surface area contributed by atoms with E-state index in [0.29, 0.717) is 58.8 Å². The minimum Gasteiger partial charge on any atom is -0.396 e. The van der Waals surface area contributed by atoms with E-state index >= 15 is 0 Å². The molecular weight excluding hydrogens is 576 g/mol. The van der Waals surface area contributed by atoms with Gasteiger partial charge in [0, 0.05) is 64.2 Å². The Kier molecular flexibility index (Phi) is 10.9. The smallest absolute Gasteiger partial charge is 0.247 e. The molecule has 44 heavy (non-hydrogen) atoms. The van der Waals surface area contributed by atoms with Crippen molar-refractivity contribution in [1.82, 2.24) is 19.6 Å². The van der Waals surface area contributed by atoms with Crippen LogP contribution in [0.15, 0.2) is 55.6 Å². The number of nitrogens with zero attached hydrogens (tertiary/aromatic N) is 4. The van der Waals surface area contributed by atoms with Crippen LogP contribution < -0.4 is 0 Å². The topological polar surface area (TPSA) is 93.6 Å². The van der Waals surface area contributed by atoms with E-state index in [2.05, 4.69) is 25.0 Å². The first-order valence-electron chi connectivity index (χ1n) is 16.1. The normalized spacial score (nSPS) is 29.5. The number of morpholine rings is 1. The van der Waals surface area contributed by atoms with Crippen molar-refractivity contribution in [1.29, 1.82) is 0 Å². The average Bonchev–Trinajstić information content (AvgIpc) is 3.63. The number of carbonyl (C=O) groups is 3. The maximum Gasteiger partial charge on any atom is 0.247 e. The molecular formula is C34H48N4O5S. The number of thioether (sulfide) groups is 1. The summed E-state index contributed by atoms with van der Waals surface area (Å²) < 4.78 is 4.82. The second-order valence-electron chi connectivity index (χ2n) is 12.5. The van der Waals surface area contributed by atoms with E-state index in [0.717, 1.165) is 31.6 Å². The SMILES string of the molecule is C=CCN(CCN1CCOCC1)C(=O)C1N(CCCCO)C(=O)[C@@H]2[C@@H](C(=O)N(CC=C)Cc3ccccc3)[C@H]3CC(C)C12S3. The number of aliphatic hydroxyl groups is 1. The van der Waals surface area contributed by atoms with Gasteiger partial charge in [0.1, 0.15) is 6.04 Å². The minimum atomic E-state index is -0.677. The first kappa shape index (κ1) is 32.7. The van der Waals surface area contributed by atoms with Crippen LogP contribution in [0, 0.1) is 17.8 Å². The molecule has 5 rings (SSSR count). The third-order valence-electron chi connectivity index (χ3n) is 9.90. The van der Waals surface area contributed by atoms with Gasteiger partial charge in [0.2, 0.25) is 17.7 Å². The fraction of sp³-hybridized carbons (Fsp3) is 0.618. The molecule has 240 valence electrons. The van der Waals surface area contributed by atoms with Crippen LogP contribution in [-0.4, -0.2) is 124 Å². The summed E-state index contributed by atoms with van der Waals surface area (Å²) in [6.07, 6.45) is 5.44. The fourth-order valence-corrected chi connectivity index (χ4v) is 10.2. The quantitative estimate of drug-likeness (QED) is 0.237. The first-order chi connectivity index (χ1) is 21.4. The maximum absolute atomic E-state index is 14.7. The van der Waals surface area contributed by atoms with Gasteiger partial charge >= 0.3 is 0 Å². The fourth-order valence-electron chi connectivity index (χ4n) is 7.83. The first-order valence-corrected chi connectivity index (χ1v) is 17.0. The van der Waals surface area contributed by atoms with Gasteiger partial charge < -0.3 is 24.5 Å². The van der Waals surface area contributed by atoms with Gasteiger partial charge in [0.15, 0.2) is 0 Å². The number of aliphatic hydroxyl groups excluding tert-OH is 1. The summed E-state index contributed by atoms with van der Waals surface area (Å²) in [5, 5.41) is 9.50. The zero-order chi connectivity index (χ0) is 31.3. The molecule has 1 aromatic carbocycles. The number of hydrogen-bond acceptors (Lipinski definition) is 7. The van der Waals surface area contributed by atoms with Gasteiger partial charge in [0.25, 0.3) is 0 Å². The summed E-state index contributed by atoms with van der Waals surface area (Å²) in [7, 11) is 0. The standard InChI is InChI=1S/C34H48N4O5S/c1-4-13-36(17-16-35-18-21-43-22-19-35)33(42)30-34-25(3)23-27(44-34)28(29(34)32(41)38(30)15-9-10-20-39)31(40)37(14-5-2)24-26-11-7-6-8-12-26/h4-8,11-12,25,27-30,39H,1-2,9-10,13-24H2,3H3/t25?,27-,28+,29+,30?,34?/m1/s1. The monoisotopic (exact) mass is 624 g/mol. The molecule has 1 aromatic rings. The number of benzene rings is 1. The van der Waals surface area contributed by atoms with E-state index in [1.165, 1.54) is 0 Å². The molecule has 4 heterocycles. The van der Waals surface area contributed by atoms with E-state index < -0.39 is 22.6 Å². The summed E-state index contributed by atoms with van der Waals surface area (Å²) >= 11 is 1.72. The summed E-state index contributed by atoms with van der Waals surface area (Å²) in [6, 6.07) is 9.23. The molecule has 6 atom stereocenters. The van der Waals surface area contributed by atoms with E-state index in [4.69, 9.17) is 4.74 Å². The molecule has 4 saturated heterocycles. The van der Waals surface area contributed by atoms with Gasteiger partial charge in [-0.25, -0.2) is 0 Å². The molecule has 4 fully saturated rings. The lowest BCUT2D eigenvalue weighted by molar-refractivity contribution is -0.145. The molecule has 3 amide bonds. The second-order valence-corrected chi connectivity index (χ2v) is 14.1. The van der Waals surface area contributed by atoms with E-state index in [-0.39, 0.29) is 35.5 Å². The highest BCUT2D eigenvalue weighted by molar-refractivity contribution is 8.02. The zero-order valence-electron chi connectivity index (χ0n) is 26.0. The van der Waals surface area contributed by atoms with Gasteiger partial charge in [-0.1, -0.05) is 49.4 Å². The third kappa shape index (κ3) is 6.23. The number of amides is 3. The number of unbranched alkanes of at least 4 members (excludes halogenated alkanes) is 1.